The van der Waals surface area contributed by atoms with Crippen LogP contribution in [0.25, 0.3) is 10.8 Å². The molecule has 0 fully saturated rings. The first-order valence-electron chi connectivity index (χ1n) is 14.5. The average Bonchev–Trinajstić information content (AvgIpc) is 3.05. The Balaban J connectivity index is 0.000000217. The summed E-state index contributed by atoms with van der Waals surface area (Å²) in [4.78, 5) is 4.35. The molecule has 0 radical (unpaired) electrons. The predicted octanol–water partition coefficient (Wildman–Crippen LogP) is 5.17. The SMILES string of the molecule is CC(C)Cc1ccc(S(=O)(=O)NN=Cc2cccc(O)c2O)cc1.O=S(=O)(NN=Cc1cccc(O)c1O)c1ccc2ccccc2c1. The fourth-order valence-corrected chi connectivity index (χ4v) is 5.97. The number of aromatic hydroxyl groups is 4. The summed E-state index contributed by atoms with van der Waals surface area (Å²) in [5.74, 6) is -0.853. The van der Waals surface area contributed by atoms with Crippen molar-refractivity contribution in [1.82, 2.24) is 9.66 Å². The normalized spacial score (nSPS) is 11.9. The summed E-state index contributed by atoms with van der Waals surface area (Å²) < 4.78 is 48.9. The smallest absolute Gasteiger partial charge is 0.276 e. The highest BCUT2D eigenvalue weighted by molar-refractivity contribution is 7.89. The third-order valence-electron chi connectivity index (χ3n) is 6.75. The van der Waals surface area contributed by atoms with Crippen LogP contribution >= 0.6 is 0 Å². The minimum atomic E-state index is -3.84. The first kappa shape index (κ1) is 35.3. The quantitative estimate of drug-likeness (QED) is 0.0655. The van der Waals surface area contributed by atoms with Crippen molar-refractivity contribution in [3.63, 3.8) is 0 Å². The molecular weight excluding hydrogens is 657 g/mol. The summed E-state index contributed by atoms with van der Waals surface area (Å²) >= 11 is 0. The van der Waals surface area contributed by atoms with Crippen LogP contribution in [0.4, 0.5) is 0 Å². The van der Waals surface area contributed by atoms with Gasteiger partial charge in [0.1, 0.15) is 0 Å². The molecule has 14 heteroatoms. The fourth-order valence-electron chi connectivity index (χ4n) is 4.35. The van der Waals surface area contributed by atoms with E-state index >= 15 is 0 Å². The van der Waals surface area contributed by atoms with Gasteiger partial charge < -0.3 is 20.4 Å². The van der Waals surface area contributed by atoms with Crippen LogP contribution in [-0.4, -0.2) is 49.7 Å². The lowest BCUT2D eigenvalue weighted by Gasteiger charge is -2.07. The largest absolute Gasteiger partial charge is 0.504 e. The van der Waals surface area contributed by atoms with Crippen molar-refractivity contribution in [2.24, 2.45) is 16.1 Å². The molecule has 12 nitrogen and oxygen atoms in total. The van der Waals surface area contributed by atoms with E-state index in [1.165, 1.54) is 54.6 Å². The van der Waals surface area contributed by atoms with Gasteiger partial charge in [-0.25, -0.2) is 9.66 Å². The molecule has 250 valence electrons. The lowest BCUT2D eigenvalue weighted by atomic mass is 10.0. The van der Waals surface area contributed by atoms with Gasteiger partial charge in [0.15, 0.2) is 23.0 Å². The van der Waals surface area contributed by atoms with Gasteiger partial charge in [-0.05, 0) is 77.2 Å². The zero-order valence-electron chi connectivity index (χ0n) is 25.9. The molecule has 0 aliphatic carbocycles. The summed E-state index contributed by atoms with van der Waals surface area (Å²) in [7, 11) is -7.63. The third kappa shape index (κ3) is 9.24. The van der Waals surface area contributed by atoms with Crippen LogP contribution < -0.4 is 9.66 Å². The van der Waals surface area contributed by atoms with Crippen LogP contribution in [0.2, 0.25) is 0 Å². The molecule has 5 rings (SSSR count). The van der Waals surface area contributed by atoms with E-state index in [0.29, 0.717) is 5.92 Å². The highest BCUT2D eigenvalue weighted by Crippen LogP contribution is 2.27. The zero-order chi connectivity index (χ0) is 34.9. The Morgan fingerprint density at radius 2 is 1.08 bits per heavy atom. The molecule has 0 heterocycles. The minimum Gasteiger partial charge on any atom is -0.504 e. The monoisotopic (exact) mass is 690 g/mol. The first-order chi connectivity index (χ1) is 22.8. The highest BCUT2D eigenvalue weighted by Gasteiger charge is 2.14. The average molecular weight is 691 g/mol. The molecule has 0 aromatic heterocycles. The van der Waals surface area contributed by atoms with E-state index in [9.17, 15) is 37.3 Å². The molecule has 6 N–H and O–H groups in total. The van der Waals surface area contributed by atoms with Crippen molar-refractivity contribution in [1.29, 1.82) is 0 Å². The number of phenolic OH excluding ortho intramolecular Hbond substituents is 4. The lowest BCUT2D eigenvalue weighted by Crippen LogP contribution is -2.18. The van der Waals surface area contributed by atoms with Gasteiger partial charge >= 0.3 is 0 Å². The van der Waals surface area contributed by atoms with Gasteiger partial charge in [0.25, 0.3) is 20.0 Å². The lowest BCUT2D eigenvalue weighted by molar-refractivity contribution is 0.403. The standard InChI is InChI=1S/C17H14N2O4S.C17H20N2O4S/c20-16-7-3-6-14(17(16)21)11-18-19-24(22,23)15-9-8-12-4-1-2-5-13(12)10-15;1-12(2)10-13-6-8-15(9-7-13)24(22,23)19-18-11-14-4-3-5-16(20)17(14)21/h1-11,19-21H;3-9,11-12,19-21H,10H2,1-2H3. The predicted molar refractivity (Wildman–Crippen MR) is 184 cm³/mol. The molecule has 0 saturated heterocycles. The second-order valence-corrected chi connectivity index (χ2v) is 14.2. The Morgan fingerprint density at radius 1 is 0.604 bits per heavy atom. The van der Waals surface area contributed by atoms with Crippen molar-refractivity contribution in [3.8, 4) is 23.0 Å². The van der Waals surface area contributed by atoms with E-state index in [1.807, 2.05) is 24.3 Å². The summed E-state index contributed by atoms with van der Waals surface area (Å²) in [6.45, 7) is 4.19. The number of rotatable bonds is 10. The van der Waals surface area contributed by atoms with Crippen molar-refractivity contribution in [3.05, 3.63) is 120 Å². The Morgan fingerprint density at radius 3 is 1.60 bits per heavy atom. The topological polar surface area (TPSA) is 198 Å². The van der Waals surface area contributed by atoms with Crippen molar-refractivity contribution in [2.45, 2.75) is 30.1 Å². The molecule has 0 unspecified atom stereocenters. The van der Waals surface area contributed by atoms with E-state index in [-0.39, 0.29) is 43.9 Å². The Labute approximate surface area is 278 Å². The second-order valence-electron chi connectivity index (χ2n) is 10.9. The molecular formula is C34H34N4O8S2. The van der Waals surface area contributed by atoms with Gasteiger partial charge in [-0.15, -0.1) is 0 Å². The van der Waals surface area contributed by atoms with E-state index in [0.717, 1.165) is 35.2 Å². The number of nitrogens with zero attached hydrogens (tertiary/aromatic N) is 2. The third-order valence-corrected chi connectivity index (χ3v) is 9.21. The summed E-state index contributed by atoms with van der Waals surface area (Å²) in [6.07, 6.45) is 3.12. The fraction of sp³-hybridized carbons (Fsp3) is 0.118. The molecule has 0 atom stereocenters. The number of hydrazone groups is 2. The van der Waals surface area contributed by atoms with E-state index < -0.39 is 20.0 Å². The van der Waals surface area contributed by atoms with Gasteiger partial charge in [0.05, 0.1) is 22.2 Å². The van der Waals surface area contributed by atoms with Crippen LogP contribution in [0.3, 0.4) is 0 Å². The Kier molecular flexibility index (Phi) is 11.3. The van der Waals surface area contributed by atoms with Crippen molar-refractivity contribution >= 4 is 43.2 Å². The number of sulfonamides is 2. The molecule has 0 saturated carbocycles. The van der Waals surface area contributed by atoms with Gasteiger partial charge in [0, 0.05) is 11.1 Å². The van der Waals surface area contributed by atoms with Crippen molar-refractivity contribution in [2.75, 3.05) is 0 Å². The number of benzene rings is 5. The van der Waals surface area contributed by atoms with Crippen LogP contribution in [0, 0.1) is 5.92 Å². The molecule has 5 aromatic rings. The summed E-state index contributed by atoms with van der Waals surface area (Å²) in [5.41, 5.74) is 1.46. The highest BCUT2D eigenvalue weighted by atomic mass is 32.2. The van der Waals surface area contributed by atoms with Gasteiger partial charge in [-0.2, -0.15) is 27.0 Å². The molecule has 5 aromatic carbocycles. The number of hydrogen-bond acceptors (Lipinski definition) is 10. The number of para-hydroxylation sites is 2. The number of hydrogen-bond donors (Lipinski definition) is 6. The van der Waals surface area contributed by atoms with E-state index in [1.54, 1.807) is 24.3 Å². The summed E-state index contributed by atoms with van der Waals surface area (Å²) in [6, 6.07) is 27.4. The van der Waals surface area contributed by atoms with Crippen molar-refractivity contribution < 1.29 is 37.3 Å². The number of fused-ring (bicyclic) bond motifs is 1. The zero-order valence-corrected chi connectivity index (χ0v) is 27.5. The molecule has 0 aliphatic rings. The van der Waals surface area contributed by atoms with Gasteiger partial charge in [-0.3, -0.25) is 0 Å². The maximum absolute atomic E-state index is 12.3. The van der Waals surface area contributed by atoms with E-state index in [4.69, 9.17) is 0 Å². The summed E-state index contributed by atoms with van der Waals surface area (Å²) in [5, 5.41) is 47.0. The maximum atomic E-state index is 12.3. The molecule has 0 aliphatic heterocycles. The molecule has 48 heavy (non-hydrogen) atoms. The van der Waals surface area contributed by atoms with Gasteiger partial charge in [0.2, 0.25) is 0 Å². The van der Waals surface area contributed by atoms with Gasteiger partial charge in [-0.1, -0.05) is 68.4 Å². The van der Waals surface area contributed by atoms with Crippen LogP contribution in [0.1, 0.15) is 30.5 Å². The first-order valence-corrected chi connectivity index (χ1v) is 17.4. The second kappa shape index (κ2) is 15.3. The molecule has 0 spiro atoms. The van der Waals surface area contributed by atoms with Crippen LogP contribution in [0.5, 0.6) is 23.0 Å². The number of nitrogens with one attached hydrogen (secondary N) is 2. The maximum Gasteiger partial charge on any atom is 0.276 e. The van der Waals surface area contributed by atoms with E-state index in [2.05, 4.69) is 33.7 Å². The Bertz CT molecular complexity index is 2170. The van der Waals surface area contributed by atoms with Crippen LogP contribution in [0.15, 0.2) is 123 Å². The molecule has 0 amide bonds. The number of phenols is 4. The Hall–Kier alpha value is -5.60. The van der Waals surface area contributed by atoms with Crippen LogP contribution in [-0.2, 0) is 26.5 Å². The molecule has 0 bridgehead atoms. The minimum absolute atomic E-state index is 0.0819.